The van der Waals surface area contributed by atoms with Gasteiger partial charge in [0.05, 0.1) is 11.8 Å². The van der Waals surface area contributed by atoms with Crippen LogP contribution < -0.4 is 5.32 Å². The van der Waals surface area contributed by atoms with Crippen LogP contribution >= 0.6 is 11.6 Å². The summed E-state index contributed by atoms with van der Waals surface area (Å²) >= 11 is 6.29. The zero-order valence-electron chi connectivity index (χ0n) is 15.5. The highest BCUT2D eigenvalue weighted by Crippen LogP contribution is 2.52. The number of halogens is 1. The van der Waals surface area contributed by atoms with Gasteiger partial charge in [-0.05, 0) is 48.3 Å². The average Bonchev–Trinajstić information content (AvgIpc) is 3.32. The lowest BCUT2D eigenvalue weighted by molar-refractivity contribution is -0.143. The number of rotatable bonds is 5. The van der Waals surface area contributed by atoms with Crippen molar-refractivity contribution in [1.82, 2.24) is 4.90 Å². The minimum Gasteiger partial charge on any atom is -0.324 e. The first-order valence-corrected chi connectivity index (χ1v) is 9.97. The Morgan fingerprint density at radius 1 is 1.11 bits per heavy atom. The molecule has 0 radical (unpaired) electrons. The lowest BCUT2D eigenvalue weighted by Gasteiger charge is -2.19. The highest BCUT2D eigenvalue weighted by atomic mass is 35.5. The summed E-state index contributed by atoms with van der Waals surface area (Å²) in [6.07, 6.45) is 6.42. The van der Waals surface area contributed by atoms with Gasteiger partial charge >= 0.3 is 0 Å². The largest absolute Gasteiger partial charge is 0.324 e. The van der Waals surface area contributed by atoms with Crippen LogP contribution in [0.15, 0.2) is 24.3 Å². The van der Waals surface area contributed by atoms with Gasteiger partial charge in [-0.3, -0.25) is 19.3 Å². The number of anilines is 1. The van der Waals surface area contributed by atoms with Crippen LogP contribution in [0.3, 0.4) is 0 Å². The first kappa shape index (κ1) is 18.2. The normalized spacial score (nSPS) is 28.2. The summed E-state index contributed by atoms with van der Waals surface area (Å²) in [4.78, 5) is 39.3. The Bertz CT molecular complexity index is 833. The van der Waals surface area contributed by atoms with Crippen molar-refractivity contribution in [1.29, 1.82) is 0 Å². The molecule has 2 fully saturated rings. The van der Waals surface area contributed by atoms with E-state index in [0.717, 1.165) is 28.9 Å². The number of fused-ring (bicyclic) bond motifs is 5. The molecular weight excluding hydrogens is 364 g/mol. The molecule has 5 nitrogen and oxygen atoms in total. The Labute approximate surface area is 163 Å². The number of aryl methyl sites for hydroxylation is 1. The minimum absolute atomic E-state index is 0.149. The van der Waals surface area contributed by atoms with Crippen LogP contribution in [0, 0.1) is 23.7 Å². The molecule has 1 N–H and O–H groups in total. The lowest BCUT2D eigenvalue weighted by Crippen LogP contribution is -2.39. The lowest BCUT2D eigenvalue weighted by atomic mass is 9.85. The Hall–Kier alpha value is -2.14. The molecule has 4 rings (SSSR count). The fraction of sp³-hybridized carbons (Fsp3) is 0.476. The van der Waals surface area contributed by atoms with E-state index in [2.05, 4.69) is 5.32 Å². The SMILES string of the molecule is CCc1ccc(Cl)c(CC)c1NC(=O)CN1C(=O)C2C3C=CC(C3)C2C1=O. The average molecular weight is 387 g/mol. The maximum Gasteiger partial charge on any atom is 0.244 e. The summed E-state index contributed by atoms with van der Waals surface area (Å²) in [6, 6.07) is 3.74. The molecule has 0 spiro atoms. The zero-order chi connectivity index (χ0) is 19.3. The van der Waals surface area contributed by atoms with Gasteiger partial charge in [0.2, 0.25) is 17.7 Å². The van der Waals surface area contributed by atoms with Crippen LogP contribution in [0.5, 0.6) is 0 Å². The number of nitrogens with zero attached hydrogens (tertiary/aromatic N) is 1. The molecule has 27 heavy (non-hydrogen) atoms. The molecular formula is C21H23ClN2O3. The second-order valence-corrected chi connectivity index (χ2v) is 7.99. The summed E-state index contributed by atoms with van der Waals surface area (Å²) in [5.41, 5.74) is 2.57. The fourth-order valence-electron chi connectivity index (χ4n) is 4.91. The summed E-state index contributed by atoms with van der Waals surface area (Å²) in [7, 11) is 0. The van der Waals surface area contributed by atoms with Gasteiger partial charge in [-0.1, -0.05) is 43.7 Å². The number of hydrogen-bond acceptors (Lipinski definition) is 3. The predicted molar refractivity (Wildman–Crippen MR) is 103 cm³/mol. The molecule has 0 aromatic heterocycles. The second kappa shape index (κ2) is 6.79. The Morgan fingerprint density at radius 2 is 1.74 bits per heavy atom. The molecule has 3 amide bonds. The molecule has 2 bridgehead atoms. The Balaban J connectivity index is 1.52. The van der Waals surface area contributed by atoms with Gasteiger partial charge in [-0.15, -0.1) is 0 Å². The molecule has 6 heteroatoms. The van der Waals surface area contributed by atoms with Crippen molar-refractivity contribution in [2.24, 2.45) is 23.7 Å². The molecule has 2 aliphatic carbocycles. The topological polar surface area (TPSA) is 66.5 Å². The number of hydrogen-bond donors (Lipinski definition) is 1. The molecule has 1 aromatic carbocycles. The van der Waals surface area contributed by atoms with Gasteiger partial charge in [0.15, 0.2) is 0 Å². The third-order valence-electron chi connectivity index (χ3n) is 6.20. The first-order chi connectivity index (χ1) is 13.0. The Morgan fingerprint density at radius 3 is 2.30 bits per heavy atom. The number of allylic oxidation sites excluding steroid dienone is 2. The number of nitrogens with one attached hydrogen (secondary N) is 1. The standard InChI is InChI=1S/C21H23ClN2O3/c1-3-11-7-8-15(22)14(4-2)19(11)23-16(25)10-24-20(26)17-12-5-6-13(9-12)18(17)21(24)27/h5-8,12-13,17-18H,3-4,9-10H2,1-2H3,(H,23,25). The van der Waals surface area contributed by atoms with Gasteiger partial charge in [-0.2, -0.15) is 0 Å². The minimum atomic E-state index is -0.358. The van der Waals surface area contributed by atoms with Gasteiger partial charge in [0.1, 0.15) is 6.54 Å². The third-order valence-corrected chi connectivity index (χ3v) is 6.56. The van der Waals surface area contributed by atoms with Crippen LogP contribution in [-0.4, -0.2) is 29.2 Å². The van der Waals surface area contributed by atoms with E-state index < -0.39 is 0 Å². The smallest absolute Gasteiger partial charge is 0.244 e. The number of carbonyl (C=O) groups excluding carboxylic acids is 3. The monoisotopic (exact) mass is 386 g/mol. The fourth-order valence-corrected chi connectivity index (χ4v) is 5.20. The van der Waals surface area contributed by atoms with Crippen molar-refractivity contribution in [3.8, 4) is 0 Å². The van der Waals surface area contributed by atoms with E-state index in [9.17, 15) is 14.4 Å². The van der Waals surface area contributed by atoms with Crippen LogP contribution in [-0.2, 0) is 27.2 Å². The van der Waals surface area contributed by atoms with Crippen molar-refractivity contribution in [3.05, 3.63) is 40.4 Å². The van der Waals surface area contributed by atoms with Crippen molar-refractivity contribution in [3.63, 3.8) is 0 Å². The van der Waals surface area contributed by atoms with Gasteiger partial charge in [0, 0.05) is 10.7 Å². The van der Waals surface area contributed by atoms with E-state index in [-0.39, 0.29) is 47.9 Å². The number of benzene rings is 1. The van der Waals surface area contributed by atoms with Crippen LogP contribution in [0.1, 0.15) is 31.4 Å². The number of amides is 3. The highest BCUT2D eigenvalue weighted by Gasteiger charge is 2.59. The number of likely N-dealkylation sites (tertiary alicyclic amines) is 1. The summed E-state index contributed by atoms with van der Waals surface area (Å²) in [6.45, 7) is 3.76. The van der Waals surface area contributed by atoms with Crippen LogP contribution in [0.2, 0.25) is 5.02 Å². The van der Waals surface area contributed by atoms with Gasteiger partial charge in [-0.25, -0.2) is 0 Å². The maximum absolute atomic E-state index is 12.7. The zero-order valence-corrected chi connectivity index (χ0v) is 16.3. The molecule has 1 aliphatic heterocycles. The van der Waals surface area contributed by atoms with Gasteiger partial charge < -0.3 is 5.32 Å². The second-order valence-electron chi connectivity index (χ2n) is 7.58. The first-order valence-electron chi connectivity index (χ1n) is 9.59. The van der Waals surface area contributed by atoms with Crippen molar-refractivity contribution in [2.75, 3.05) is 11.9 Å². The van der Waals surface area contributed by atoms with Crippen molar-refractivity contribution < 1.29 is 14.4 Å². The molecule has 4 unspecified atom stereocenters. The van der Waals surface area contributed by atoms with E-state index in [1.807, 2.05) is 38.1 Å². The number of carbonyl (C=O) groups is 3. The van der Waals surface area contributed by atoms with Gasteiger partial charge in [0.25, 0.3) is 0 Å². The predicted octanol–water partition coefficient (Wildman–Crippen LogP) is 3.21. The molecule has 3 aliphatic rings. The Kier molecular flexibility index (Phi) is 4.58. The molecule has 1 saturated heterocycles. The van der Waals surface area contributed by atoms with Crippen molar-refractivity contribution in [2.45, 2.75) is 33.1 Å². The van der Waals surface area contributed by atoms with Crippen LogP contribution in [0.4, 0.5) is 5.69 Å². The van der Waals surface area contributed by atoms with E-state index in [4.69, 9.17) is 11.6 Å². The molecule has 4 atom stereocenters. The molecule has 142 valence electrons. The molecule has 1 saturated carbocycles. The highest BCUT2D eigenvalue weighted by molar-refractivity contribution is 6.32. The maximum atomic E-state index is 12.7. The summed E-state index contributed by atoms with van der Waals surface area (Å²) in [5.74, 6) is -1.01. The van der Waals surface area contributed by atoms with Crippen LogP contribution in [0.25, 0.3) is 0 Å². The number of imide groups is 1. The quantitative estimate of drug-likeness (QED) is 0.624. The molecule has 1 aromatic rings. The molecule has 1 heterocycles. The summed E-state index contributed by atoms with van der Waals surface area (Å²) in [5, 5.41) is 3.52. The third kappa shape index (κ3) is 2.80. The van der Waals surface area contributed by atoms with E-state index in [0.29, 0.717) is 17.1 Å². The van der Waals surface area contributed by atoms with E-state index >= 15 is 0 Å². The van der Waals surface area contributed by atoms with E-state index in [1.54, 1.807) is 0 Å². The van der Waals surface area contributed by atoms with E-state index in [1.165, 1.54) is 0 Å². The summed E-state index contributed by atoms with van der Waals surface area (Å²) < 4.78 is 0. The van der Waals surface area contributed by atoms with Crippen molar-refractivity contribution >= 4 is 35.0 Å².